The Kier molecular flexibility index (Phi) is 28.1. The lowest BCUT2D eigenvalue weighted by Crippen LogP contribution is -2.43. The SMILES string of the molecule is CCO[Si](C)(OCC)OCC.CO[Si](C)(OC)OC.CO[Si](CC(C)C)(OC)OC.C[Si](C)(Cl)Cc1ccccc1. The number of rotatable bonds is 16. The first kappa shape index (κ1) is 45.4. The molecule has 0 aromatic heterocycles. The number of halogens is 1. The van der Waals surface area contributed by atoms with E-state index >= 15 is 0 Å². The van der Waals surface area contributed by atoms with Crippen molar-refractivity contribution in [3.63, 3.8) is 0 Å². The third-order valence-corrected chi connectivity index (χ3v) is 14.9. The molecule has 0 saturated carbocycles. The summed E-state index contributed by atoms with van der Waals surface area (Å²) in [5.41, 5.74) is 1.36. The number of hydrogen-bond acceptors (Lipinski definition) is 9. The van der Waals surface area contributed by atoms with Crippen LogP contribution in [0.2, 0.25) is 32.2 Å². The molecule has 0 atom stereocenters. The Bertz CT molecular complexity index is 672. The van der Waals surface area contributed by atoms with Crippen molar-refractivity contribution in [1.82, 2.24) is 0 Å². The Morgan fingerprint density at radius 3 is 1.17 bits per heavy atom. The van der Waals surface area contributed by atoms with E-state index in [1.54, 1.807) is 42.7 Å². The second kappa shape index (κ2) is 25.4. The minimum atomic E-state index is -2.28. The van der Waals surface area contributed by atoms with E-state index in [1.807, 2.05) is 39.9 Å². The lowest BCUT2D eigenvalue weighted by molar-refractivity contribution is 0.0783. The molecule has 0 aliphatic rings. The molecule has 1 aromatic carbocycles. The summed E-state index contributed by atoms with van der Waals surface area (Å²) in [6, 6.07) is 12.4. The van der Waals surface area contributed by atoms with Crippen LogP contribution in [-0.4, -0.2) is 96.3 Å². The van der Waals surface area contributed by atoms with Crippen molar-refractivity contribution in [3.05, 3.63) is 35.9 Å². The van der Waals surface area contributed by atoms with Gasteiger partial charge in [-0.2, -0.15) is 11.1 Å². The van der Waals surface area contributed by atoms with Crippen LogP contribution in [0.4, 0.5) is 0 Å². The standard InChI is InChI=1S/C9H13ClSi.2C7H18O3Si.C4H12O3Si/c1-11(2,10)8-9-6-4-3-5-7-9;1-7(2)6-11(8-3,9-4)10-5;1-5-8-11(4,9-6-2)10-7-3;1-5-8(4,6-2)7-3/h3-7H,8H2,1-2H3;7H,6H2,1-5H3;5-7H2,1-4H3;1-4H3. The summed E-state index contributed by atoms with van der Waals surface area (Å²) in [5.74, 6) is 0.543. The zero-order chi connectivity index (χ0) is 32.6. The van der Waals surface area contributed by atoms with Crippen molar-refractivity contribution in [3.8, 4) is 0 Å². The lowest BCUT2D eigenvalue weighted by atomic mass is 10.2. The molecule has 14 heteroatoms. The van der Waals surface area contributed by atoms with Gasteiger partial charge in [0.2, 0.25) is 0 Å². The third kappa shape index (κ3) is 25.1. The molecule has 0 unspecified atom stereocenters. The van der Waals surface area contributed by atoms with Crippen LogP contribution in [0.3, 0.4) is 0 Å². The molecule has 0 amide bonds. The van der Waals surface area contributed by atoms with Crippen molar-refractivity contribution in [2.45, 2.75) is 72.9 Å². The summed E-state index contributed by atoms with van der Waals surface area (Å²) in [7, 11) is 1.54. The fraction of sp³-hybridized carbons (Fsp3) is 0.778. The van der Waals surface area contributed by atoms with Crippen LogP contribution in [0.15, 0.2) is 30.3 Å². The van der Waals surface area contributed by atoms with Crippen molar-refractivity contribution < 1.29 is 39.8 Å². The molecular weight excluding hydrogens is 616 g/mol. The van der Waals surface area contributed by atoms with E-state index in [0.29, 0.717) is 25.7 Å². The molecule has 0 aliphatic carbocycles. The Labute approximate surface area is 261 Å². The molecule has 0 radical (unpaired) electrons. The maximum atomic E-state index is 6.21. The van der Waals surface area contributed by atoms with Crippen LogP contribution in [0, 0.1) is 5.92 Å². The van der Waals surface area contributed by atoms with E-state index in [0.717, 1.165) is 12.1 Å². The van der Waals surface area contributed by atoms with Crippen LogP contribution < -0.4 is 0 Å². The molecule has 41 heavy (non-hydrogen) atoms. The monoisotopic (exact) mass is 676 g/mol. The van der Waals surface area contributed by atoms with Crippen LogP contribution in [0.1, 0.15) is 40.2 Å². The summed E-state index contributed by atoms with van der Waals surface area (Å²) in [5, 5.41) is 0. The van der Waals surface area contributed by atoms with Gasteiger partial charge in [0.15, 0.2) is 7.38 Å². The van der Waals surface area contributed by atoms with Gasteiger partial charge in [0.1, 0.15) is 0 Å². The fourth-order valence-electron chi connectivity index (χ4n) is 3.24. The predicted octanol–water partition coefficient (Wildman–Crippen LogP) is 6.89. The van der Waals surface area contributed by atoms with Crippen molar-refractivity contribution in [2.75, 3.05) is 62.5 Å². The molecule has 246 valence electrons. The zero-order valence-corrected chi connectivity index (χ0v) is 33.3. The molecule has 0 heterocycles. The van der Waals surface area contributed by atoms with Gasteiger partial charge in [-0.25, -0.2) is 0 Å². The summed E-state index contributed by atoms with van der Waals surface area (Å²) >= 11 is 6.21. The average Bonchev–Trinajstić information content (AvgIpc) is 2.92. The molecule has 1 rings (SSSR count). The summed E-state index contributed by atoms with van der Waals surface area (Å²) in [4.78, 5) is 0. The van der Waals surface area contributed by atoms with E-state index < -0.39 is 33.8 Å². The molecule has 0 bridgehead atoms. The Morgan fingerprint density at radius 1 is 0.610 bits per heavy atom. The maximum absolute atomic E-state index is 6.21. The molecule has 0 aliphatic heterocycles. The van der Waals surface area contributed by atoms with Crippen LogP contribution >= 0.6 is 11.1 Å². The molecule has 0 N–H and O–H groups in total. The van der Waals surface area contributed by atoms with Crippen LogP contribution in [0.25, 0.3) is 0 Å². The quantitative estimate of drug-likeness (QED) is 0.137. The first-order valence-corrected chi connectivity index (χ1v) is 24.6. The van der Waals surface area contributed by atoms with Crippen LogP contribution in [0.5, 0.6) is 0 Å². The maximum Gasteiger partial charge on any atom is 0.500 e. The van der Waals surface area contributed by atoms with Crippen molar-refractivity contribution >= 4 is 44.9 Å². The topological polar surface area (TPSA) is 83.1 Å². The molecule has 0 fully saturated rings. The Morgan fingerprint density at radius 2 is 0.976 bits per heavy atom. The highest BCUT2D eigenvalue weighted by molar-refractivity contribution is 7.18. The second-order valence-corrected chi connectivity index (χ2v) is 25.3. The first-order valence-electron chi connectivity index (χ1n) is 14.0. The van der Waals surface area contributed by atoms with Gasteiger partial charge in [-0.3, -0.25) is 0 Å². The molecule has 9 nitrogen and oxygen atoms in total. The van der Waals surface area contributed by atoms with Crippen LogP contribution in [-0.2, 0) is 45.9 Å². The van der Waals surface area contributed by atoms with E-state index in [9.17, 15) is 0 Å². The highest BCUT2D eigenvalue weighted by Crippen LogP contribution is 2.18. The lowest BCUT2D eigenvalue weighted by Gasteiger charge is -2.25. The van der Waals surface area contributed by atoms with E-state index in [4.69, 9.17) is 50.9 Å². The van der Waals surface area contributed by atoms with Gasteiger partial charge in [0.25, 0.3) is 0 Å². The molecule has 1 aromatic rings. The molecular formula is C27H61ClO9Si4. The van der Waals surface area contributed by atoms with Gasteiger partial charge in [-0.15, -0.1) is 0 Å². The average molecular weight is 678 g/mol. The highest BCUT2D eigenvalue weighted by Gasteiger charge is 2.38. The second-order valence-electron chi connectivity index (χ2n) is 9.91. The van der Waals surface area contributed by atoms with Gasteiger partial charge in [0, 0.05) is 81.6 Å². The Hall–Kier alpha value is 0.0175. The fourth-order valence-corrected chi connectivity index (χ4v) is 9.24. The van der Waals surface area contributed by atoms with Gasteiger partial charge in [-0.1, -0.05) is 57.3 Å². The largest absolute Gasteiger partial charge is 0.500 e. The summed E-state index contributed by atoms with van der Waals surface area (Å²) in [6.07, 6.45) is 0. The summed E-state index contributed by atoms with van der Waals surface area (Å²) < 4.78 is 46.7. The minimum absolute atomic E-state index is 0.543. The van der Waals surface area contributed by atoms with Gasteiger partial charge in [0.05, 0.1) is 0 Å². The summed E-state index contributed by atoms with van der Waals surface area (Å²) in [6.45, 7) is 20.1. The van der Waals surface area contributed by atoms with Gasteiger partial charge >= 0.3 is 26.4 Å². The van der Waals surface area contributed by atoms with E-state index in [2.05, 4.69) is 51.2 Å². The van der Waals surface area contributed by atoms with Gasteiger partial charge in [-0.05, 0) is 38.3 Å². The normalized spacial score (nSPS) is 12.0. The number of benzene rings is 1. The van der Waals surface area contributed by atoms with Crippen molar-refractivity contribution in [1.29, 1.82) is 0 Å². The molecule has 0 spiro atoms. The molecule has 0 saturated heterocycles. The van der Waals surface area contributed by atoms with E-state index in [-0.39, 0.29) is 0 Å². The van der Waals surface area contributed by atoms with Gasteiger partial charge < -0.3 is 39.8 Å². The minimum Gasteiger partial charge on any atom is -0.377 e. The predicted molar refractivity (Wildman–Crippen MR) is 179 cm³/mol. The van der Waals surface area contributed by atoms with Crippen molar-refractivity contribution in [2.24, 2.45) is 5.92 Å². The smallest absolute Gasteiger partial charge is 0.377 e. The number of hydrogen-bond donors (Lipinski definition) is 0. The highest BCUT2D eigenvalue weighted by atomic mass is 35.6. The Balaban J connectivity index is -0.000000473. The third-order valence-electron chi connectivity index (χ3n) is 5.39. The zero-order valence-electron chi connectivity index (χ0n) is 28.6. The van der Waals surface area contributed by atoms with E-state index in [1.165, 1.54) is 5.56 Å². The first-order chi connectivity index (χ1) is 19.0.